The first-order valence-electron chi connectivity index (χ1n) is 8.36. The van der Waals surface area contributed by atoms with Gasteiger partial charge in [0.15, 0.2) is 0 Å². The van der Waals surface area contributed by atoms with Crippen molar-refractivity contribution in [1.82, 2.24) is 9.97 Å². The van der Waals surface area contributed by atoms with Gasteiger partial charge in [-0.3, -0.25) is 9.69 Å². The van der Waals surface area contributed by atoms with Crippen LogP contribution in [0.15, 0.2) is 0 Å². The number of hydrogen-bond donors (Lipinski definition) is 1. The van der Waals surface area contributed by atoms with E-state index >= 15 is 0 Å². The summed E-state index contributed by atoms with van der Waals surface area (Å²) in [5, 5.41) is 0. The van der Waals surface area contributed by atoms with Gasteiger partial charge in [-0.15, -0.1) is 0 Å². The van der Waals surface area contributed by atoms with Gasteiger partial charge in [0.05, 0.1) is 13.0 Å². The predicted octanol–water partition coefficient (Wildman–Crippen LogP) is 1.55. The van der Waals surface area contributed by atoms with Crippen molar-refractivity contribution in [3.05, 3.63) is 5.56 Å². The van der Waals surface area contributed by atoms with Crippen LogP contribution in [0.1, 0.15) is 38.2 Å². The maximum atomic E-state index is 12.3. The summed E-state index contributed by atoms with van der Waals surface area (Å²) in [7, 11) is 0. The van der Waals surface area contributed by atoms with E-state index < -0.39 is 0 Å². The molecule has 0 radical (unpaired) electrons. The Bertz CT molecular complexity index is 573. The number of aromatic nitrogens is 2. The van der Waals surface area contributed by atoms with E-state index in [9.17, 15) is 4.79 Å². The van der Waals surface area contributed by atoms with Crippen LogP contribution in [0.4, 0.5) is 11.6 Å². The first-order valence-corrected chi connectivity index (χ1v) is 8.36. The largest absolute Gasteiger partial charge is 0.463 e. The Morgan fingerprint density at radius 2 is 2.30 bits per heavy atom. The van der Waals surface area contributed by atoms with Crippen LogP contribution in [0.3, 0.4) is 0 Å². The molecule has 0 spiro atoms. The van der Waals surface area contributed by atoms with E-state index in [2.05, 4.69) is 16.9 Å². The topological polar surface area (TPSA) is 90.6 Å². The number of amides is 1. The molecule has 1 aromatic heterocycles. The predicted molar refractivity (Wildman–Crippen MR) is 86.4 cm³/mol. The minimum atomic E-state index is 0.0330. The zero-order chi connectivity index (χ0) is 16.2. The molecular formula is C16H24N4O3. The molecule has 7 nitrogen and oxygen atoms in total. The second-order valence-corrected chi connectivity index (χ2v) is 6.14. The highest BCUT2D eigenvalue weighted by molar-refractivity contribution is 6.01. The molecule has 1 saturated heterocycles. The number of fused-ring (bicyclic) bond motifs is 1. The Labute approximate surface area is 136 Å². The van der Waals surface area contributed by atoms with Crippen LogP contribution < -0.4 is 15.4 Å². The minimum absolute atomic E-state index is 0.0330. The van der Waals surface area contributed by atoms with Gasteiger partial charge in [-0.2, -0.15) is 9.97 Å². The highest BCUT2D eigenvalue weighted by Gasteiger charge is 2.32. The first kappa shape index (κ1) is 16.0. The Hall–Kier alpha value is -1.89. The fraction of sp³-hybridized carbons (Fsp3) is 0.688. The molecule has 3 heterocycles. The molecule has 1 atom stereocenters. The van der Waals surface area contributed by atoms with Gasteiger partial charge in [0.1, 0.15) is 11.6 Å². The van der Waals surface area contributed by atoms with Crippen LogP contribution in [0.25, 0.3) is 0 Å². The van der Waals surface area contributed by atoms with Crippen LogP contribution in [0.2, 0.25) is 0 Å². The maximum Gasteiger partial charge on any atom is 0.320 e. The molecule has 2 aliphatic heterocycles. The SMILES string of the molecule is CCCCOc1nc(N)c2c(n1)N(CC[C@H]1CCOC1)C(=O)C2. The normalized spacial score (nSPS) is 20.1. The van der Waals surface area contributed by atoms with Crippen molar-refractivity contribution < 1.29 is 14.3 Å². The number of anilines is 2. The number of rotatable bonds is 7. The van der Waals surface area contributed by atoms with Gasteiger partial charge in [0.25, 0.3) is 0 Å². The summed E-state index contributed by atoms with van der Waals surface area (Å²) in [6.07, 6.45) is 4.23. The summed E-state index contributed by atoms with van der Waals surface area (Å²) in [5.74, 6) is 1.52. The third kappa shape index (κ3) is 3.55. The number of carbonyl (C=O) groups is 1. The molecule has 1 aromatic rings. The van der Waals surface area contributed by atoms with E-state index in [0.717, 1.165) is 44.5 Å². The number of ether oxygens (including phenoxy) is 2. The van der Waals surface area contributed by atoms with Crippen LogP contribution in [0, 0.1) is 5.92 Å². The first-order chi connectivity index (χ1) is 11.2. The highest BCUT2D eigenvalue weighted by atomic mass is 16.5. The maximum absolute atomic E-state index is 12.3. The average Bonchev–Trinajstić information content (AvgIpc) is 3.14. The van der Waals surface area contributed by atoms with Gasteiger partial charge in [0, 0.05) is 25.3 Å². The summed E-state index contributed by atoms with van der Waals surface area (Å²) < 4.78 is 10.9. The summed E-state index contributed by atoms with van der Waals surface area (Å²) in [6, 6.07) is 0.263. The lowest BCUT2D eigenvalue weighted by atomic mass is 10.1. The molecule has 1 amide bonds. The number of nitrogens with two attached hydrogens (primary N) is 1. The van der Waals surface area contributed by atoms with Crippen molar-refractivity contribution in [2.45, 2.75) is 39.0 Å². The molecule has 0 aliphatic carbocycles. The van der Waals surface area contributed by atoms with Crippen LogP contribution >= 0.6 is 0 Å². The lowest BCUT2D eigenvalue weighted by molar-refractivity contribution is -0.117. The summed E-state index contributed by atoms with van der Waals surface area (Å²) in [6.45, 7) is 4.90. The van der Waals surface area contributed by atoms with Gasteiger partial charge < -0.3 is 15.2 Å². The van der Waals surface area contributed by atoms with Gasteiger partial charge in [0.2, 0.25) is 5.91 Å². The molecule has 126 valence electrons. The summed E-state index contributed by atoms with van der Waals surface area (Å²) in [4.78, 5) is 22.6. The molecule has 0 saturated carbocycles. The number of unbranched alkanes of at least 4 members (excludes halogenated alkanes) is 1. The number of hydrogen-bond acceptors (Lipinski definition) is 6. The smallest absolute Gasteiger partial charge is 0.320 e. The molecule has 7 heteroatoms. The average molecular weight is 320 g/mol. The molecule has 0 aromatic carbocycles. The second-order valence-electron chi connectivity index (χ2n) is 6.14. The lowest BCUT2D eigenvalue weighted by Crippen LogP contribution is -2.29. The van der Waals surface area contributed by atoms with E-state index in [1.807, 2.05) is 0 Å². The summed E-state index contributed by atoms with van der Waals surface area (Å²) in [5.41, 5.74) is 6.71. The van der Waals surface area contributed by atoms with E-state index in [4.69, 9.17) is 15.2 Å². The monoisotopic (exact) mass is 320 g/mol. The van der Waals surface area contributed by atoms with Gasteiger partial charge in [-0.25, -0.2) is 0 Å². The Kier molecular flexibility index (Phi) is 4.95. The quantitative estimate of drug-likeness (QED) is 0.767. The second kappa shape index (κ2) is 7.12. The molecule has 3 rings (SSSR count). The van der Waals surface area contributed by atoms with Crippen molar-refractivity contribution in [1.29, 1.82) is 0 Å². The Balaban J connectivity index is 1.72. The molecule has 2 aliphatic rings. The highest BCUT2D eigenvalue weighted by Crippen LogP contribution is 2.32. The summed E-state index contributed by atoms with van der Waals surface area (Å²) >= 11 is 0. The third-order valence-electron chi connectivity index (χ3n) is 4.40. The van der Waals surface area contributed by atoms with Crippen LogP contribution in [-0.4, -0.2) is 42.2 Å². The van der Waals surface area contributed by atoms with E-state index in [0.29, 0.717) is 30.7 Å². The number of nitrogens with zero attached hydrogens (tertiary/aromatic N) is 3. The standard InChI is InChI=1S/C16H24N4O3/c1-2-3-7-23-16-18-14(17)12-9-13(21)20(15(12)19-16)6-4-11-5-8-22-10-11/h11H,2-10H2,1H3,(H2,17,18,19)/t11-/m0/s1. The molecule has 2 N–H and O–H groups in total. The Morgan fingerprint density at radius 3 is 3.04 bits per heavy atom. The van der Waals surface area contributed by atoms with Gasteiger partial charge >= 0.3 is 6.01 Å². The molecule has 0 unspecified atom stereocenters. The number of carbonyl (C=O) groups excluding carboxylic acids is 1. The van der Waals surface area contributed by atoms with Crippen molar-refractivity contribution >= 4 is 17.5 Å². The fourth-order valence-corrected chi connectivity index (χ4v) is 2.95. The van der Waals surface area contributed by atoms with Gasteiger partial charge in [-0.1, -0.05) is 13.3 Å². The van der Waals surface area contributed by atoms with Gasteiger partial charge in [-0.05, 0) is 25.2 Å². The van der Waals surface area contributed by atoms with E-state index in [-0.39, 0.29) is 18.3 Å². The third-order valence-corrected chi connectivity index (χ3v) is 4.40. The van der Waals surface area contributed by atoms with Crippen LogP contribution in [-0.2, 0) is 16.0 Å². The zero-order valence-corrected chi connectivity index (χ0v) is 13.6. The van der Waals surface area contributed by atoms with Crippen molar-refractivity contribution in [3.8, 4) is 6.01 Å². The van der Waals surface area contributed by atoms with E-state index in [1.165, 1.54) is 0 Å². The van der Waals surface area contributed by atoms with Crippen LogP contribution in [0.5, 0.6) is 6.01 Å². The number of nitrogen functional groups attached to an aromatic ring is 1. The molecule has 23 heavy (non-hydrogen) atoms. The molecule has 0 bridgehead atoms. The zero-order valence-electron chi connectivity index (χ0n) is 13.6. The van der Waals surface area contributed by atoms with Crippen molar-refractivity contribution in [2.24, 2.45) is 5.92 Å². The fourth-order valence-electron chi connectivity index (χ4n) is 2.95. The molecule has 1 fully saturated rings. The van der Waals surface area contributed by atoms with Crippen molar-refractivity contribution in [2.75, 3.05) is 37.0 Å². The lowest BCUT2D eigenvalue weighted by Gasteiger charge is -2.18. The minimum Gasteiger partial charge on any atom is -0.463 e. The Morgan fingerprint density at radius 1 is 1.43 bits per heavy atom. The van der Waals surface area contributed by atoms with Crippen molar-refractivity contribution in [3.63, 3.8) is 0 Å². The molecular weight excluding hydrogens is 296 g/mol. The van der Waals surface area contributed by atoms with E-state index in [1.54, 1.807) is 4.90 Å².